The van der Waals surface area contributed by atoms with Crippen molar-refractivity contribution in [2.45, 2.75) is 57.9 Å². The predicted molar refractivity (Wildman–Crippen MR) is 81.1 cm³/mol. The van der Waals surface area contributed by atoms with Crippen LogP contribution in [0.5, 0.6) is 0 Å². The normalized spacial score (nSPS) is 20.7. The average molecular weight is 338 g/mol. The SMILES string of the molecule is CCOP(=O)(OCC)C(CCCOC1CCCCO1)C(=O)O. The van der Waals surface area contributed by atoms with Crippen LogP contribution in [0.25, 0.3) is 0 Å². The molecule has 0 amide bonds. The minimum atomic E-state index is -3.64. The topological polar surface area (TPSA) is 91.3 Å². The zero-order valence-electron chi connectivity index (χ0n) is 13.4. The average Bonchev–Trinajstić information content (AvgIpc) is 2.48. The lowest BCUT2D eigenvalue weighted by Crippen LogP contribution is -2.25. The first kappa shape index (κ1) is 19.6. The molecule has 130 valence electrons. The molecule has 0 aromatic rings. The fourth-order valence-electron chi connectivity index (χ4n) is 2.33. The van der Waals surface area contributed by atoms with E-state index in [1.54, 1.807) is 13.8 Å². The summed E-state index contributed by atoms with van der Waals surface area (Å²) in [4.78, 5) is 11.4. The summed E-state index contributed by atoms with van der Waals surface area (Å²) in [6, 6.07) is 0. The lowest BCUT2D eigenvalue weighted by atomic mass is 10.2. The van der Waals surface area contributed by atoms with Crippen LogP contribution in [0.2, 0.25) is 0 Å². The fourth-order valence-corrected chi connectivity index (χ4v) is 4.25. The molecule has 0 aromatic carbocycles. The van der Waals surface area contributed by atoms with E-state index in [-0.39, 0.29) is 25.9 Å². The van der Waals surface area contributed by atoms with Crippen molar-refractivity contribution in [1.29, 1.82) is 0 Å². The van der Waals surface area contributed by atoms with Gasteiger partial charge in [0.15, 0.2) is 11.9 Å². The lowest BCUT2D eigenvalue weighted by molar-refractivity contribution is -0.163. The summed E-state index contributed by atoms with van der Waals surface area (Å²) in [7, 11) is -3.64. The first-order chi connectivity index (χ1) is 10.5. The molecule has 1 fully saturated rings. The van der Waals surface area contributed by atoms with Crippen LogP contribution >= 0.6 is 7.60 Å². The highest BCUT2D eigenvalue weighted by Gasteiger charge is 2.40. The third kappa shape index (κ3) is 6.34. The Morgan fingerprint density at radius 3 is 2.50 bits per heavy atom. The molecule has 0 spiro atoms. The van der Waals surface area contributed by atoms with Gasteiger partial charge in [0.25, 0.3) is 0 Å². The molecule has 1 rings (SSSR count). The van der Waals surface area contributed by atoms with E-state index < -0.39 is 19.2 Å². The number of hydrogen-bond acceptors (Lipinski definition) is 6. The molecule has 0 aromatic heterocycles. The molecule has 0 saturated carbocycles. The summed E-state index contributed by atoms with van der Waals surface area (Å²) in [6.45, 7) is 4.68. The van der Waals surface area contributed by atoms with Gasteiger partial charge in [-0.25, -0.2) is 0 Å². The fraction of sp³-hybridized carbons (Fsp3) is 0.929. The number of carboxylic acid groups (broad SMARTS) is 1. The number of carbonyl (C=O) groups is 1. The molecule has 1 aliphatic heterocycles. The second kappa shape index (κ2) is 10.3. The van der Waals surface area contributed by atoms with Crippen molar-refractivity contribution in [2.75, 3.05) is 26.4 Å². The van der Waals surface area contributed by atoms with E-state index in [0.29, 0.717) is 19.6 Å². The standard InChI is InChI=1S/C14H27O7P/c1-3-20-22(17,21-4-2)12(14(15)16)8-7-11-19-13-9-5-6-10-18-13/h12-13H,3-11H2,1-2H3,(H,15,16). The van der Waals surface area contributed by atoms with Crippen LogP contribution in [0.1, 0.15) is 46.0 Å². The lowest BCUT2D eigenvalue weighted by Gasteiger charge is -2.24. The van der Waals surface area contributed by atoms with Gasteiger partial charge in [0.2, 0.25) is 0 Å². The molecule has 22 heavy (non-hydrogen) atoms. The van der Waals surface area contributed by atoms with Crippen LogP contribution in [0, 0.1) is 0 Å². The molecule has 2 atom stereocenters. The Labute approximate surface area is 131 Å². The molecule has 0 radical (unpaired) electrons. The molecule has 0 aliphatic carbocycles. The van der Waals surface area contributed by atoms with E-state index in [1.807, 2.05) is 0 Å². The van der Waals surface area contributed by atoms with Gasteiger partial charge >= 0.3 is 13.6 Å². The highest BCUT2D eigenvalue weighted by Crippen LogP contribution is 2.54. The van der Waals surface area contributed by atoms with E-state index in [1.165, 1.54) is 0 Å². The van der Waals surface area contributed by atoms with Gasteiger partial charge in [-0.15, -0.1) is 0 Å². The third-order valence-electron chi connectivity index (χ3n) is 3.35. The van der Waals surface area contributed by atoms with E-state index in [9.17, 15) is 14.5 Å². The molecular formula is C14H27O7P. The molecule has 1 aliphatic rings. The Kier molecular flexibility index (Phi) is 9.21. The molecule has 1 N–H and O–H groups in total. The van der Waals surface area contributed by atoms with Crippen molar-refractivity contribution in [3.05, 3.63) is 0 Å². The molecule has 0 bridgehead atoms. The number of ether oxygens (including phenoxy) is 2. The van der Waals surface area contributed by atoms with Crippen molar-refractivity contribution in [3.8, 4) is 0 Å². The number of carboxylic acids is 1. The molecule has 1 saturated heterocycles. The van der Waals surface area contributed by atoms with Gasteiger partial charge in [0.1, 0.15) is 0 Å². The quantitative estimate of drug-likeness (QED) is 0.457. The Balaban J connectivity index is 2.45. The minimum absolute atomic E-state index is 0.146. The zero-order valence-corrected chi connectivity index (χ0v) is 14.3. The second-order valence-corrected chi connectivity index (χ2v) is 7.26. The van der Waals surface area contributed by atoms with Gasteiger partial charge in [0.05, 0.1) is 13.2 Å². The summed E-state index contributed by atoms with van der Waals surface area (Å²) < 4.78 is 33.8. The van der Waals surface area contributed by atoms with E-state index in [0.717, 1.165) is 19.3 Å². The van der Waals surface area contributed by atoms with Gasteiger partial charge in [-0.1, -0.05) is 0 Å². The Bertz CT molecular complexity index is 358. The third-order valence-corrected chi connectivity index (χ3v) is 5.83. The summed E-state index contributed by atoms with van der Waals surface area (Å²) in [5.74, 6) is -1.17. The Morgan fingerprint density at radius 1 is 1.32 bits per heavy atom. The summed E-state index contributed by atoms with van der Waals surface area (Å²) >= 11 is 0. The number of rotatable bonds is 11. The summed E-state index contributed by atoms with van der Waals surface area (Å²) in [6.07, 6.45) is 3.42. The predicted octanol–water partition coefficient (Wildman–Crippen LogP) is 3.03. The van der Waals surface area contributed by atoms with Crippen molar-refractivity contribution in [3.63, 3.8) is 0 Å². The first-order valence-corrected chi connectivity index (χ1v) is 9.49. The van der Waals surface area contributed by atoms with Crippen LogP contribution < -0.4 is 0 Å². The second-order valence-electron chi connectivity index (χ2n) is 5.04. The summed E-state index contributed by atoms with van der Waals surface area (Å²) in [5.41, 5.74) is -1.16. The maximum Gasteiger partial charge on any atom is 0.344 e. The summed E-state index contributed by atoms with van der Waals surface area (Å²) in [5, 5.41) is 9.31. The van der Waals surface area contributed by atoms with Crippen LogP contribution in [0.4, 0.5) is 0 Å². The smallest absolute Gasteiger partial charge is 0.344 e. The van der Waals surface area contributed by atoms with Crippen molar-refractivity contribution in [2.24, 2.45) is 0 Å². The van der Waals surface area contributed by atoms with E-state index >= 15 is 0 Å². The monoisotopic (exact) mass is 338 g/mol. The van der Waals surface area contributed by atoms with Crippen LogP contribution in [0.3, 0.4) is 0 Å². The van der Waals surface area contributed by atoms with Gasteiger partial charge in [-0.05, 0) is 46.0 Å². The van der Waals surface area contributed by atoms with Crippen LogP contribution in [-0.2, 0) is 27.9 Å². The maximum absolute atomic E-state index is 12.6. The van der Waals surface area contributed by atoms with Gasteiger partial charge < -0.3 is 23.6 Å². The maximum atomic E-state index is 12.6. The van der Waals surface area contributed by atoms with Crippen molar-refractivity contribution >= 4 is 13.6 Å². The largest absolute Gasteiger partial charge is 0.481 e. The van der Waals surface area contributed by atoms with Crippen molar-refractivity contribution < 1.29 is 33.0 Å². The highest BCUT2D eigenvalue weighted by molar-refractivity contribution is 7.55. The van der Waals surface area contributed by atoms with Gasteiger partial charge in [-0.2, -0.15) is 0 Å². The Hall–Kier alpha value is -0.460. The van der Waals surface area contributed by atoms with Gasteiger partial charge in [-0.3, -0.25) is 9.36 Å². The van der Waals surface area contributed by atoms with Crippen LogP contribution in [-0.4, -0.2) is 49.5 Å². The van der Waals surface area contributed by atoms with Gasteiger partial charge in [0, 0.05) is 13.2 Å². The molecular weight excluding hydrogens is 311 g/mol. The Morgan fingerprint density at radius 2 is 2.00 bits per heavy atom. The molecule has 8 heteroatoms. The van der Waals surface area contributed by atoms with Crippen LogP contribution in [0.15, 0.2) is 0 Å². The first-order valence-electron chi connectivity index (χ1n) is 7.88. The minimum Gasteiger partial charge on any atom is -0.481 e. The zero-order chi connectivity index (χ0) is 16.4. The number of aliphatic carboxylic acids is 1. The number of hydrogen-bond donors (Lipinski definition) is 1. The van der Waals surface area contributed by atoms with E-state index in [4.69, 9.17) is 18.5 Å². The molecule has 2 unspecified atom stereocenters. The highest BCUT2D eigenvalue weighted by atomic mass is 31.2. The molecule has 7 nitrogen and oxygen atoms in total. The van der Waals surface area contributed by atoms with E-state index in [2.05, 4.69) is 0 Å². The molecule has 1 heterocycles. The van der Waals surface area contributed by atoms with Crippen molar-refractivity contribution in [1.82, 2.24) is 0 Å².